The van der Waals surface area contributed by atoms with Crippen molar-refractivity contribution >= 4 is 28.9 Å². The number of hydrogen-bond donors (Lipinski definition) is 3. The fourth-order valence-electron chi connectivity index (χ4n) is 5.96. The van der Waals surface area contributed by atoms with E-state index < -0.39 is 17.7 Å². The van der Waals surface area contributed by atoms with Crippen molar-refractivity contribution in [2.75, 3.05) is 13.1 Å². The second-order valence-corrected chi connectivity index (χ2v) is 10.4. The maximum atomic E-state index is 13.4. The SMILES string of the molecule is NC(=O)C(N[C@H]1CC[C@H](c2c[nH]c3cccnc32)CC1)C1CCN(C(=O)/C=C/c2cc(F)cc(F)c2)CC1. The van der Waals surface area contributed by atoms with Gasteiger partial charge in [0.1, 0.15) is 11.6 Å². The number of nitrogens with zero attached hydrogens (tertiary/aromatic N) is 2. The van der Waals surface area contributed by atoms with Crippen LogP contribution in [0.15, 0.2) is 48.8 Å². The molecule has 1 unspecified atom stereocenters. The van der Waals surface area contributed by atoms with Gasteiger partial charge in [0.25, 0.3) is 0 Å². The number of pyridine rings is 1. The molecule has 0 bridgehead atoms. The van der Waals surface area contributed by atoms with Gasteiger partial charge in [0.05, 0.1) is 17.1 Å². The predicted molar refractivity (Wildman–Crippen MR) is 142 cm³/mol. The summed E-state index contributed by atoms with van der Waals surface area (Å²) in [6.07, 6.45) is 11.9. The molecule has 1 aliphatic heterocycles. The highest BCUT2D eigenvalue weighted by Crippen LogP contribution is 2.36. The van der Waals surface area contributed by atoms with Gasteiger partial charge in [0.15, 0.2) is 0 Å². The second-order valence-electron chi connectivity index (χ2n) is 10.4. The molecule has 4 N–H and O–H groups in total. The first-order valence-electron chi connectivity index (χ1n) is 13.3. The Morgan fingerprint density at radius 2 is 1.79 bits per heavy atom. The molecular formula is C29H33F2N5O2. The van der Waals surface area contributed by atoms with E-state index >= 15 is 0 Å². The Morgan fingerprint density at radius 3 is 2.47 bits per heavy atom. The number of amides is 2. The molecule has 7 nitrogen and oxygen atoms in total. The van der Waals surface area contributed by atoms with Crippen molar-refractivity contribution in [3.05, 3.63) is 71.6 Å². The first kappa shape index (κ1) is 26.0. The Morgan fingerprint density at radius 1 is 1.08 bits per heavy atom. The molecule has 0 spiro atoms. The molecule has 200 valence electrons. The lowest BCUT2D eigenvalue weighted by atomic mass is 9.81. The van der Waals surface area contributed by atoms with Gasteiger partial charge in [-0.3, -0.25) is 14.6 Å². The molecule has 3 heterocycles. The van der Waals surface area contributed by atoms with Gasteiger partial charge >= 0.3 is 0 Å². The third kappa shape index (κ3) is 5.93. The molecule has 2 aliphatic rings. The Kier molecular flexibility index (Phi) is 7.83. The van der Waals surface area contributed by atoms with E-state index in [0.29, 0.717) is 37.4 Å². The number of hydrogen-bond acceptors (Lipinski definition) is 4. The minimum atomic E-state index is -0.689. The Labute approximate surface area is 220 Å². The van der Waals surface area contributed by atoms with Gasteiger partial charge in [0, 0.05) is 43.7 Å². The molecule has 1 aliphatic carbocycles. The predicted octanol–water partition coefficient (Wildman–Crippen LogP) is 4.26. The highest BCUT2D eigenvalue weighted by atomic mass is 19.1. The van der Waals surface area contributed by atoms with Gasteiger partial charge in [-0.15, -0.1) is 0 Å². The van der Waals surface area contributed by atoms with Crippen LogP contribution in [0.4, 0.5) is 8.78 Å². The molecule has 2 aromatic heterocycles. The standard InChI is InChI=1S/C29H33F2N5O2/c30-21-14-18(15-22(31)16-21)3-8-26(37)36-12-9-20(10-13-36)27(29(32)38)35-23-6-4-19(5-7-23)24-17-34-25-2-1-11-33-28(24)25/h1-3,8,11,14-17,19-20,23,27,34-35H,4-7,9-10,12-13H2,(H2,32,38)/b8-3+/t19-,23-,27?. The van der Waals surface area contributed by atoms with E-state index in [1.807, 2.05) is 18.3 Å². The zero-order valence-corrected chi connectivity index (χ0v) is 21.2. The number of likely N-dealkylation sites (tertiary alicyclic amines) is 1. The molecular weight excluding hydrogens is 488 g/mol. The number of carbonyl (C=O) groups is 2. The van der Waals surface area contributed by atoms with E-state index in [4.69, 9.17) is 5.73 Å². The number of aromatic amines is 1. The van der Waals surface area contributed by atoms with Gasteiger partial charge in [-0.2, -0.15) is 0 Å². The highest BCUT2D eigenvalue weighted by molar-refractivity contribution is 5.92. The van der Waals surface area contributed by atoms with Crippen molar-refractivity contribution in [3.8, 4) is 0 Å². The number of piperidine rings is 1. The van der Waals surface area contributed by atoms with Crippen LogP contribution in [0.1, 0.15) is 55.6 Å². The van der Waals surface area contributed by atoms with Gasteiger partial charge in [-0.25, -0.2) is 8.78 Å². The van der Waals surface area contributed by atoms with Gasteiger partial charge in [0.2, 0.25) is 11.8 Å². The topological polar surface area (TPSA) is 104 Å². The monoisotopic (exact) mass is 521 g/mol. The number of rotatable bonds is 7. The van der Waals surface area contributed by atoms with Gasteiger partial charge in [-0.05, 0) is 91.8 Å². The third-order valence-corrected chi connectivity index (χ3v) is 7.98. The third-order valence-electron chi connectivity index (χ3n) is 7.98. The smallest absolute Gasteiger partial charge is 0.246 e. The molecule has 5 rings (SSSR count). The molecule has 2 fully saturated rings. The molecule has 38 heavy (non-hydrogen) atoms. The normalized spacial score (nSPS) is 21.7. The summed E-state index contributed by atoms with van der Waals surface area (Å²) in [6.45, 7) is 0.994. The van der Waals surface area contributed by atoms with Crippen LogP contribution in [0.5, 0.6) is 0 Å². The number of primary amides is 1. The first-order valence-corrected chi connectivity index (χ1v) is 13.3. The van der Waals surface area contributed by atoms with E-state index in [1.165, 1.54) is 29.8 Å². The molecule has 0 radical (unpaired) electrons. The second kappa shape index (κ2) is 11.4. The fourth-order valence-corrected chi connectivity index (χ4v) is 5.96. The average Bonchev–Trinajstić information content (AvgIpc) is 3.34. The number of aromatic nitrogens is 2. The molecule has 1 aromatic carbocycles. The lowest BCUT2D eigenvalue weighted by molar-refractivity contribution is -0.128. The van der Waals surface area contributed by atoms with Crippen molar-refractivity contribution in [1.82, 2.24) is 20.2 Å². The van der Waals surface area contributed by atoms with Crippen LogP contribution in [0.3, 0.4) is 0 Å². The Hall–Kier alpha value is -3.59. The number of nitrogens with two attached hydrogens (primary N) is 1. The van der Waals surface area contributed by atoms with E-state index in [0.717, 1.165) is 42.8 Å². The summed E-state index contributed by atoms with van der Waals surface area (Å²) in [5.41, 5.74) is 9.47. The minimum Gasteiger partial charge on any atom is -0.368 e. The van der Waals surface area contributed by atoms with Crippen LogP contribution in [-0.2, 0) is 9.59 Å². The van der Waals surface area contributed by atoms with Crippen molar-refractivity contribution < 1.29 is 18.4 Å². The maximum Gasteiger partial charge on any atom is 0.246 e. The number of nitrogens with one attached hydrogen (secondary N) is 2. The molecule has 1 saturated carbocycles. The summed E-state index contributed by atoms with van der Waals surface area (Å²) < 4.78 is 26.8. The quantitative estimate of drug-likeness (QED) is 0.404. The fraction of sp³-hybridized carbons (Fsp3) is 0.414. The lowest BCUT2D eigenvalue weighted by Crippen LogP contribution is -2.54. The van der Waals surface area contributed by atoms with Crippen molar-refractivity contribution in [2.45, 2.75) is 56.5 Å². The van der Waals surface area contributed by atoms with Crippen LogP contribution < -0.4 is 11.1 Å². The van der Waals surface area contributed by atoms with Gasteiger partial charge < -0.3 is 20.9 Å². The number of carbonyl (C=O) groups excluding carboxylic acids is 2. The Bertz CT molecular complexity index is 1300. The zero-order valence-electron chi connectivity index (χ0n) is 21.2. The van der Waals surface area contributed by atoms with Crippen LogP contribution >= 0.6 is 0 Å². The van der Waals surface area contributed by atoms with E-state index in [1.54, 1.807) is 4.90 Å². The van der Waals surface area contributed by atoms with Gasteiger partial charge in [-0.1, -0.05) is 0 Å². The minimum absolute atomic E-state index is 0.0494. The lowest BCUT2D eigenvalue weighted by Gasteiger charge is -2.38. The molecule has 1 saturated heterocycles. The number of halogens is 2. The molecule has 9 heteroatoms. The van der Waals surface area contributed by atoms with E-state index in [-0.39, 0.29) is 23.8 Å². The molecule has 1 atom stereocenters. The van der Waals surface area contributed by atoms with Crippen molar-refractivity contribution in [3.63, 3.8) is 0 Å². The average molecular weight is 522 g/mol. The number of H-pyrrole nitrogens is 1. The summed E-state index contributed by atoms with van der Waals surface area (Å²) in [6, 6.07) is 6.89. The molecule has 2 amide bonds. The van der Waals surface area contributed by atoms with Crippen LogP contribution in [0.25, 0.3) is 17.1 Å². The van der Waals surface area contributed by atoms with E-state index in [9.17, 15) is 18.4 Å². The largest absolute Gasteiger partial charge is 0.368 e. The van der Waals surface area contributed by atoms with E-state index in [2.05, 4.69) is 21.5 Å². The van der Waals surface area contributed by atoms with Crippen LogP contribution in [0.2, 0.25) is 0 Å². The van der Waals surface area contributed by atoms with Crippen molar-refractivity contribution in [1.29, 1.82) is 0 Å². The van der Waals surface area contributed by atoms with Crippen LogP contribution in [0, 0.1) is 17.6 Å². The van der Waals surface area contributed by atoms with Crippen LogP contribution in [-0.4, -0.2) is 51.9 Å². The first-order chi connectivity index (χ1) is 18.4. The Balaban J connectivity index is 1.12. The molecule has 3 aromatic rings. The summed E-state index contributed by atoms with van der Waals surface area (Å²) in [4.78, 5) is 34.6. The summed E-state index contributed by atoms with van der Waals surface area (Å²) >= 11 is 0. The summed E-state index contributed by atoms with van der Waals surface area (Å²) in [5.74, 6) is -1.46. The number of benzene rings is 1. The maximum absolute atomic E-state index is 13.4. The summed E-state index contributed by atoms with van der Waals surface area (Å²) in [5, 5.41) is 3.54. The van der Waals surface area contributed by atoms with Crippen molar-refractivity contribution in [2.24, 2.45) is 11.7 Å². The summed E-state index contributed by atoms with van der Waals surface area (Å²) in [7, 11) is 0. The highest BCUT2D eigenvalue weighted by Gasteiger charge is 2.34. The zero-order chi connectivity index (χ0) is 26.6. The number of fused-ring (bicyclic) bond motifs is 1.